The van der Waals surface area contributed by atoms with Gasteiger partial charge in [0.1, 0.15) is 0 Å². The van der Waals surface area contributed by atoms with E-state index in [0.717, 1.165) is 30.6 Å². The van der Waals surface area contributed by atoms with Gasteiger partial charge in [0.2, 0.25) is 11.8 Å². The maximum absolute atomic E-state index is 12.7. The summed E-state index contributed by atoms with van der Waals surface area (Å²) in [5.41, 5.74) is 4.63. The molecule has 2 rings (SSSR count). The second-order valence-electron chi connectivity index (χ2n) is 6.38. The van der Waals surface area contributed by atoms with Gasteiger partial charge >= 0.3 is 0 Å². The maximum atomic E-state index is 12.7. The van der Waals surface area contributed by atoms with Gasteiger partial charge in [-0.3, -0.25) is 9.59 Å². The Morgan fingerprint density at radius 3 is 2.52 bits per heavy atom. The normalized spacial score (nSPS) is 18.2. The van der Waals surface area contributed by atoms with Crippen LogP contribution in [0.4, 0.5) is 0 Å². The van der Waals surface area contributed by atoms with Gasteiger partial charge in [0.25, 0.3) is 0 Å². The first-order chi connectivity index (χ1) is 9.93. The van der Waals surface area contributed by atoms with E-state index in [-0.39, 0.29) is 11.9 Å². The molecule has 1 heterocycles. The second kappa shape index (κ2) is 6.60. The molecule has 1 saturated carbocycles. The molecule has 5 heteroatoms. The van der Waals surface area contributed by atoms with Gasteiger partial charge in [0.05, 0.1) is 11.3 Å². The summed E-state index contributed by atoms with van der Waals surface area (Å²) >= 11 is 1.50. The Morgan fingerprint density at radius 2 is 2.00 bits per heavy atom. The van der Waals surface area contributed by atoms with Crippen LogP contribution in [0.1, 0.15) is 56.7 Å². The third-order valence-corrected chi connectivity index (χ3v) is 5.34. The minimum Gasteiger partial charge on any atom is -0.369 e. The number of amides is 2. The highest BCUT2D eigenvalue weighted by atomic mass is 32.1. The van der Waals surface area contributed by atoms with Gasteiger partial charge in [-0.2, -0.15) is 0 Å². The number of carbonyl (C=O) groups is 2. The minimum atomic E-state index is -0.899. The molecule has 0 aromatic carbocycles. The fourth-order valence-electron chi connectivity index (χ4n) is 2.94. The third kappa shape index (κ3) is 3.64. The lowest BCUT2D eigenvalue weighted by atomic mass is 9.76. The summed E-state index contributed by atoms with van der Waals surface area (Å²) in [6.07, 6.45) is 5.62. The van der Waals surface area contributed by atoms with Crippen LogP contribution >= 0.6 is 11.3 Å². The van der Waals surface area contributed by atoms with Gasteiger partial charge < -0.3 is 11.1 Å². The molecule has 1 aliphatic rings. The SMILES string of the molecule is CC(C)(C(N)=O)C(C(=O)NC1CCCCC1)c1cccs1. The van der Waals surface area contributed by atoms with Crippen molar-refractivity contribution in [3.63, 3.8) is 0 Å². The Kier molecular flexibility index (Phi) is 5.04. The molecule has 21 heavy (non-hydrogen) atoms. The summed E-state index contributed by atoms with van der Waals surface area (Å²) in [4.78, 5) is 25.4. The zero-order chi connectivity index (χ0) is 15.5. The lowest BCUT2D eigenvalue weighted by molar-refractivity contribution is -0.135. The highest BCUT2D eigenvalue weighted by Gasteiger charge is 2.42. The van der Waals surface area contributed by atoms with Gasteiger partial charge in [-0.1, -0.05) is 25.3 Å². The molecule has 4 nitrogen and oxygen atoms in total. The summed E-state index contributed by atoms with van der Waals surface area (Å²) in [5.74, 6) is -1.04. The molecule has 2 amide bonds. The molecule has 1 aromatic rings. The van der Waals surface area contributed by atoms with E-state index in [2.05, 4.69) is 5.32 Å². The van der Waals surface area contributed by atoms with Gasteiger partial charge in [0.15, 0.2) is 0 Å². The van der Waals surface area contributed by atoms with Crippen molar-refractivity contribution >= 4 is 23.2 Å². The molecule has 0 bridgehead atoms. The number of nitrogens with two attached hydrogens (primary N) is 1. The smallest absolute Gasteiger partial charge is 0.229 e. The molecule has 0 aliphatic heterocycles. The number of hydrogen-bond donors (Lipinski definition) is 2. The van der Waals surface area contributed by atoms with Gasteiger partial charge in [-0.25, -0.2) is 0 Å². The average molecular weight is 308 g/mol. The van der Waals surface area contributed by atoms with Crippen molar-refractivity contribution < 1.29 is 9.59 Å². The molecule has 116 valence electrons. The molecular weight excluding hydrogens is 284 g/mol. The first-order valence-electron chi connectivity index (χ1n) is 7.56. The van der Waals surface area contributed by atoms with E-state index in [0.29, 0.717) is 0 Å². The van der Waals surface area contributed by atoms with Crippen LogP contribution in [0.15, 0.2) is 17.5 Å². The van der Waals surface area contributed by atoms with Crippen LogP contribution in [-0.4, -0.2) is 17.9 Å². The number of thiophene rings is 1. The van der Waals surface area contributed by atoms with E-state index < -0.39 is 17.2 Å². The summed E-state index contributed by atoms with van der Waals surface area (Å²) in [6.45, 7) is 3.50. The van der Waals surface area contributed by atoms with Crippen LogP contribution in [0.5, 0.6) is 0 Å². The van der Waals surface area contributed by atoms with E-state index in [9.17, 15) is 9.59 Å². The molecule has 0 radical (unpaired) electrons. The predicted molar refractivity (Wildman–Crippen MR) is 85.1 cm³/mol. The van der Waals surface area contributed by atoms with E-state index in [4.69, 9.17) is 5.73 Å². The Labute approximate surface area is 130 Å². The molecule has 1 fully saturated rings. The number of hydrogen-bond acceptors (Lipinski definition) is 3. The van der Waals surface area contributed by atoms with Gasteiger partial charge in [-0.15, -0.1) is 11.3 Å². The molecular formula is C16H24N2O2S. The largest absolute Gasteiger partial charge is 0.369 e. The summed E-state index contributed by atoms with van der Waals surface area (Å²) in [7, 11) is 0. The first-order valence-corrected chi connectivity index (χ1v) is 8.44. The lowest BCUT2D eigenvalue weighted by Crippen LogP contribution is -2.47. The maximum Gasteiger partial charge on any atom is 0.229 e. The van der Waals surface area contributed by atoms with Crippen molar-refractivity contribution in [2.24, 2.45) is 11.1 Å². The number of nitrogens with one attached hydrogen (secondary N) is 1. The summed E-state index contributed by atoms with van der Waals surface area (Å²) in [6, 6.07) is 4.04. The monoisotopic (exact) mass is 308 g/mol. The van der Waals surface area contributed by atoms with Crippen LogP contribution < -0.4 is 11.1 Å². The molecule has 0 saturated heterocycles. The van der Waals surface area contributed by atoms with Gasteiger partial charge in [0, 0.05) is 10.9 Å². The highest BCUT2D eigenvalue weighted by molar-refractivity contribution is 7.10. The zero-order valence-corrected chi connectivity index (χ0v) is 13.5. The van der Waals surface area contributed by atoms with Crippen LogP contribution in [0.2, 0.25) is 0 Å². The van der Waals surface area contributed by atoms with E-state index in [1.165, 1.54) is 17.8 Å². The Morgan fingerprint density at radius 1 is 1.33 bits per heavy atom. The summed E-state index contributed by atoms with van der Waals surface area (Å²) in [5, 5.41) is 5.05. The number of carbonyl (C=O) groups excluding carboxylic acids is 2. The molecule has 1 unspecified atom stereocenters. The Balaban J connectivity index is 2.19. The van der Waals surface area contributed by atoms with Crippen molar-refractivity contribution in [2.75, 3.05) is 0 Å². The number of primary amides is 1. The van der Waals surface area contributed by atoms with Crippen molar-refractivity contribution in [3.05, 3.63) is 22.4 Å². The molecule has 1 atom stereocenters. The van der Waals surface area contributed by atoms with E-state index >= 15 is 0 Å². The molecule has 1 aliphatic carbocycles. The predicted octanol–water partition coefficient (Wildman–Crippen LogP) is 2.79. The van der Waals surface area contributed by atoms with E-state index in [1.54, 1.807) is 13.8 Å². The Hall–Kier alpha value is -1.36. The minimum absolute atomic E-state index is 0.0758. The second-order valence-corrected chi connectivity index (χ2v) is 7.36. The van der Waals surface area contributed by atoms with Crippen molar-refractivity contribution in [1.29, 1.82) is 0 Å². The molecule has 3 N–H and O–H groups in total. The highest BCUT2D eigenvalue weighted by Crippen LogP contribution is 2.38. The fraction of sp³-hybridized carbons (Fsp3) is 0.625. The van der Waals surface area contributed by atoms with E-state index in [1.807, 2.05) is 17.5 Å². The lowest BCUT2D eigenvalue weighted by Gasteiger charge is -2.32. The molecule has 1 aromatic heterocycles. The average Bonchev–Trinajstić information content (AvgIpc) is 2.93. The topological polar surface area (TPSA) is 72.2 Å². The van der Waals surface area contributed by atoms with Crippen molar-refractivity contribution in [1.82, 2.24) is 5.32 Å². The van der Waals surface area contributed by atoms with Gasteiger partial charge in [-0.05, 0) is 38.1 Å². The zero-order valence-electron chi connectivity index (χ0n) is 12.7. The van der Waals surface area contributed by atoms with Crippen molar-refractivity contribution in [3.8, 4) is 0 Å². The Bertz CT molecular complexity index is 490. The quantitative estimate of drug-likeness (QED) is 0.878. The van der Waals surface area contributed by atoms with Crippen LogP contribution in [0, 0.1) is 5.41 Å². The third-order valence-electron chi connectivity index (χ3n) is 4.40. The summed E-state index contributed by atoms with van der Waals surface area (Å²) < 4.78 is 0. The van der Waals surface area contributed by atoms with Crippen LogP contribution in [-0.2, 0) is 9.59 Å². The molecule has 0 spiro atoms. The van der Waals surface area contributed by atoms with Crippen molar-refractivity contribution in [2.45, 2.75) is 57.9 Å². The standard InChI is InChI=1S/C16H24N2O2S/c1-16(2,15(17)20)13(12-9-6-10-21-12)14(19)18-11-7-4-3-5-8-11/h6,9-11,13H,3-5,7-8H2,1-2H3,(H2,17,20)(H,18,19). The van der Waals surface area contributed by atoms with Crippen LogP contribution in [0.3, 0.4) is 0 Å². The first kappa shape index (κ1) is 16.0. The number of rotatable bonds is 5. The van der Waals surface area contributed by atoms with Crippen LogP contribution in [0.25, 0.3) is 0 Å². The fourth-order valence-corrected chi connectivity index (χ4v) is 3.95.